The fraction of sp³-hybridized carbons (Fsp3) is 0.393. The molecule has 1 spiro atoms. The Kier molecular flexibility index (Phi) is 8.03. The van der Waals surface area contributed by atoms with Gasteiger partial charge in [-0.15, -0.1) is 13.2 Å². The van der Waals surface area contributed by atoms with E-state index in [4.69, 9.17) is 10.5 Å². The van der Waals surface area contributed by atoms with Crippen LogP contribution in [0.4, 0.5) is 38.1 Å². The van der Waals surface area contributed by atoms with Crippen molar-refractivity contribution in [3.63, 3.8) is 0 Å². The molecule has 2 saturated heterocycles. The number of carbonyl (C=O) groups is 1. The molecular formula is C28H27F6N5O4. The molecule has 230 valence electrons. The Balaban J connectivity index is 1.31. The highest BCUT2D eigenvalue weighted by Gasteiger charge is 2.45. The molecule has 0 aliphatic carbocycles. The van der Waals surface area contributed by atoms with E-state index in [9.17, 15) is 36.2 Å². The monoisotopic (exact) mass is 611 g/mol. The van der Waals surface area contributed by atoms with E-state index in [1.807, 2.05) is 4.90 Å². The molecule has 0 radical (unpaired) electrons. The van der Waals surface area contributed by atoms with Crippen LogP contribution in [-0.4, -0.2) is 59.3 Å². The van der Waals surface area contributed by atoms with Crippen molar-refractivity contribution >= 4 is 17.7 Å². The molecule has 0 bridgehead atoms. The third kappa shape index (κ3) is 7.21. The van der Waals surface area contributed by atoms with E-state index < -0.39 is 36.4 Å². The highest BCUT2D eigenvalue weighted by Crippen LogP contribution is 2.42. The Morgan fingerprint density at radius 1 is 1.02 bits per heavy atom. The van der Waals surface area contributed by atoms with Crippen molar-refractivity contribution in [1.82, 2.24) is 15.3 Å². The van der Waals surface area contributed by atoms with Crippen LogP contribution in [0.1, 0.15) is 30.9 Å². The number of halogens is 6. The van der Waals surface area contributed by atoms with E-state index in [-0.39, 0.29) is 28.6 Å². The van der Waals surface area contributed by atoms with Crippen LogP contribution in [0.5, 0.6) is 11.6 Å². The van der Waals surface area contributed by atoms with Gasteiger partial charge in [-0.25, -0.2) is 0 Å². The molecule has 5 rings (SSSR count). The van der Waals surface area contributed by atoms with E-state index in [0.29, 0.717) is 50.0 Å². The minimum absolute atomic E-state index is 0.183. The molecule has 0 unspecified atom stereocenters. The smallest absolute Gasteiger partial charge is 0.480 e. The van der Waals surface area contributed by atoms with Gasteiger partial charge in [0, 0.05) is 31.3 Å². The number of hydrogen-bond acceptors (Lipinski definition) is 8. The van der Waals surface area contributed by atoms with Crippen molar-refractivity contribution in [3.05, 3.63) is 60.2 Å². The van der Waals surface area contributed by atoms with Gasteiger partial charge in [0.15, 0.2) is 0 Å². The number of alkyl halides is 6. The first-order valence-corrected chi connectivity index (χ1v) is 13.2. The summed E-state index contributed by atoms with van der Waals surface area (Å²) in [5, 5.41) is 12.3. The number of rotatable bonds is 7. The number of carboxylic acids is 1. The van der Waals surface area contributed by atoms with E-state index in [1.165, 1.54) is 42.5 Å². The average molecular weight is 612 g/mol. The lowest BCUT2D eigenvalue weighted by atomic mass is 9.76. The topological polar surface area (TPSA) is 123 Å². The standard InChI is InChI=1S/C28H27F6N5O4/c29-27(30,31)23(17-6-4-16(5-7-17)18-2-1-3-19(12-18)43-28(32,33)34)42-22-13-21(37-25(35)38-22)39-10-8-26(9-11-39)14-20(24(40)41)36-15-26/h1-7,12-13,20,23,36H,8-11,14-15H2,(H,40,41)(H2,35,37,38)/t20-,23+/m0/s1. The summed E-state index contributed by atoms with van der Waals surface area (Å²) in [6.07, 6.45) is -10.4. The zero-order valence-corrected chi connectivity index (χ0v) is 22.5. The van der Waals surface area contributed by atoms with Crippen LogP contribution in [-0.2, 0) is 4.79 Å². The van der Waals surface area contributed by atoms with Crippen LogP contribution in [0.3, 0.4) is 0 Å². The lowest BCUT2D eigenvalue weighted by Gasteiger charge is -2.39. The minimum Gasteiger partial charge on any atom is -0.480 e. The van der Waals surface area contributed by atoms with Crippen molar-refractivity contribution < 1.29 is 45.7 Å². The average Bonchev–Trinajstić information content (AvgIpc) is 3.34. The second kappa shape index (κ2) is 11.4. The lowest BCUT2D eigenvalue weighted by Crippen LogP contribution is -2.41. The first-order chi connectivity index (χ1) is 20.2. The number of carboxylic acid groups (broad SMARTS) is 1. The molecule has 1 aromatic heterocycles. The Morgan fingerprint density at radius 3 is 2.33 bits per heavy atom. The summed E-state index contributed by atoms with van der Waals surface area (Å²) in [7, 11) is 0. The Bertz CT molecular complexity index is 1460. The van der Waals surface area contributed by atoms with Crippen molar-refractivity contribution in [1.29, 1.82) is 0 Å². The van der Waals surface area contributed by atoms with Gasteiger partial charge in [-0.3, -0.25) is 4.79 Å². The normalized spacial score (nSPS) is 19.3. The van der Waals surface area contributed by atoms with E-state index >= 15 is 0 Å². The Hall–Kier alpha value is -4.27. The largest absolute Gasteiger partial charge is 0.573 e. The van der Waals surface area contributed by atoms with Gasteiger partial charge in [0.05, 0.1) is 0 Å². The minimum atomic E-state index is -4.89. The number of nitrogen functional groups attached to an aromatic ring is 1. The molecule has 9 nitrogen and oxygen atoms in total. The van der Waals surface area contributed by atoms with Crippen LogP contribution in [0.15, 0.2) is 54.6 Å². The number of aromatic nitrogens is 2. The summed E-state index contributed by atoms with van der Waals surface area (Å²) >= 11 is 0. The van der Waals surface area contributed by atoms with Gasteiger partial charge < -0.3 is 30.5 Å². The van der Waals surface area contributed by atoms with Crippen LogP contribution >= 0.6 is 0 Å². The van der Waals surface area contributed by atoms with Gasteiger partial charge in [-0.1, -0.05) is 36.4 Å². The lowest BCUT2D eigenvalue weighted by molar-refractivity contribution is -0.274. The number of hydrogen-bond donors (Lipinski definition) is 3. The van der Waals surface area contributed by atoms with E-state index in [0.717, 1.165) is 12.1 Å². The molecule has 0 amide bonds. The van der Waals surface area contributed by atoms with Gasteiger partial charge in [0.25, 0.3) is 0 Å². The SMILES string of the molecule is Nc1nc(O[C@H](c2ccc(-c3cccc(OC(F)(F)F)c3)cc2)C(F)(F)F)cc(N2CCC3(CC2)CN[C@H](C(=O)O)C3)n1. The highest BCUT2D eigenvalue weighted by molar-refractivity contribution is 5.74. The van der Waals surface area contributed by atoms with Gasteiger partial charge in [0.1, 0.15) is 17.6 Å². The van der Waals surface area contributed by atoms with Gasteiger partial charge in [-0.2, -0.15) is 23.1 Å². The Morgan fingerprint density at radius 2 is 1.72 bits per heavy atom. The van der Waals surface area contributed by atoms with E-state index in [1.54, 1.807) is 0 Å². The molecule has 43 heavy (non-hydrogen) atoms. The number of benzene rings is 2. The fourth-order valence-corrected chi connectivity index (χ4v) is 5.50. The zero-order chi connectivity index (χ0) is 31.0. The summed E-state index contributed by atoms with van der Waals surface area (Å²) in [5.41, 5.74) is 6.05. The second-order valence-electron chi connectivity index (χ2n) is 10.6. The maximum atomic E-state index is 14.2. The molecule has 4 N–H and O–H groups in total. The molecule has 15 heteroatoms. The molecular weight excluding hydrogens is 584 g/mol. The number of nitrogens with zero attached hydrogens (tertiary/aromatic N) is 3. The predicted molar refractivity (Wildman–Crippen MR) is 142 cm³/mol. The quantitative estimate of drug-likeness (QED) is 0.304. The van der Waals surface area contributed by atoms with Crippen LogP contribution in [0.2, 0.25) is 0 Å². The van der Waals surface area contributed by atoms with E-state index in [2.05, 4.69) is 20.0 Å². The van der Waals surface area contributed by atoms with Crippen molar-refractivity contribution in [2.75, 3.05) is 30.3 Å². The van der Waals surface area contributed by atoms with Crippen LogP contribution in [0.25, 0.3) is 11.1 Å². The zero-order valence-electron chi connectivity index (χ0n) is 22.5. The summed E-state index contributed by atoms with van der Waals surface area (Å²) in [6.45, 7) is 1.55. The number of piperidine rings is 1. The maximum Gasteiger partial charge on any atom is 0.573 e. The number of anilines is 2. The summed E-state index contributed by atoms with van der Waals surface area (Å²) in [5.74, 6) is -1.74. The summed E-state index contributed by atoms with van der Waals surface area (Å²) < 4.78 is 89.5. The number of aliphatic carboxylic acids is 1. The Labute approximate surface area is 241 Å². The second-order valence-corrected chi connectivity index (χ2v) is 10.6. The van der Waals surface area contributed by atoms with Crippen molar-refractivity contribution in [2.45, 2.75) is 43.9 Å². The first-order valence-electron chi connectivity index (χ1n) is 13.2. The molecule has 2 fully saturated rings. The van der Waals surface area contributed by atoms with Gasteiger partial charge in [0.2, 0.25) is 17.9 Å². The van der Waals surface area contributed by atoms with Gasteiger partial charge >= 0.3 is 18.5 Å². The van der Waals surface area contributed by atoms with Crippen molar-refractivity contribution in [3.8, 4) is 22.8 Å². The number of nitrogens with one attached hydrogen (secondary N) is 1. The summed E-state index contributed by atoms with van der Waals surface area (Å²) in [4.78, 5) is 21.2. The third-order valence-corrected chi connectivity index (χ3v) is 7.66. The molecule has 2 atom stereocenters. The number of ether oxygens (including phenoxy) is 2. The van der Waals surface area contributed by atoms with Crippen LogP contribution < -0.4 is 25.4 Å². The van der Waals surface area contributed by atoms with Gasteiger partial charge in [-0.05, 0) is 47.9 Å². The molecule has 2 aliphatic rings. The third-order valence-electron chi connectivity index (χ3n) is 7.66. The number of nitrogens with two attached hydrogens (primary N) is 1. The predicted octanol–water partition coefficient (Wildman–Crippen LogP) is 5.34. The molecule has 2 aromatic carbocycles. The molecule has 3 heterocycles. The summed E-state index contributed by atoms with van der Waals surface area (Å²) in [6, 6.07) is 10.7. The van der Waals surface area contributed by atoms with Crippen LogP contribution in [0, 0.1) is 5.41 Å². The fourth-order valence-electron chi connectivity index (χ4n) is 5.50. The van der Waals surface area contributed by atoms with Crippen molar-refractivity contribution in [2.24, 2.45) is 5.41 Å². The molecule has 3 aromatic rings. The first kappa shape index (κ1) is 30.2. The molecule has 2 aliphatic heterocycles. The maximum absolute atomic E-state index is 14.2. The highest BCUT2D eigenvalue weighted by atomic mass is 19.4. The molecule has 0 saturated carbocycles.